The van der Waals surface area contributed by atoms with Crippen molar-refractivity contribution in [3.8, 4) is 0 Å². The summed E-state index contributed by atoms with van der Waals surface area (Å²) in [6, 6.07) is 8.87. The van der Waals surface area contributed by atoms with E-state index in [0.717, 1.165) is 0 Å². The molecule has 0 spiro atoms. The third-order valence-electron chi connectivity index (χ3n) is 2.19. The molecular weight excluding hydrogens is 184 g/mol. The first-order chi connectivity index (χ1) is 6.83. The Bertz CT molecular complexity index is 213. The highest BCUT2D eigenvalue weighted by molar-refractivity contribution is 5.21. The molecule has 0 radical (unpaired) electrons. The lowest BCUT2D eigenvalue weighted by Gasteiger charge is -2.00. The summed E-state index contributed by atoms with van der Waals surface area (Å²) in [7, 11) is 0. The minimum atomic E-state index is 0. The maximum atomic E-state index is 2.25. The molecule has 2 N–H and O–H groups in total. The molecule has 0 heterocycles. The van der Waals surface area contributed by atoms with E-state index in [4.69, 9.17) is 0 Å². The summed E-state index contributed by atoms with van der Waals surface area (Å²) in [5, 5.41) is 0. The van der Waals surface area contributed by atoms with E-state index in [1.165, 1.54) is 36.8 Å². The molecule has 0 bridgehead atoms. The molecule has 0 aromatic heterocycles. The fraction of sp³-hybridized carbons (Fsp3) is 0.571. The van der Waals surface area contributed by atoms with Gasteiger partial charge in [0.25, 0.3) is 0 Å². The van der Waals surface area contributed by atoms with Crippen molar-refractivity contribution < 1.29 is 5.48 Å². The van der Waals surface area contributed by atoms with Crippen LogP contribution in [0, 0.1) is 6.92 Å². The summed E-state index contributed by atoms with van der Waals surface area (Å²) < 4.78 is 0. The molecule has 0 saturated heterocycles. The molecule has 1 rings (SSSR count). The Morgan fingerprint density at radius 3 is 1.93 bits per heavy atom. The minimum absolute atomic E-state index is 0. The molecule has 0 aliphatic rings. The Balaban J connectivity index is 0. The number of hydrogen-bond donors (Lipinski definition) is 0. The summed E-state index contributed by atoms with van der Waals surface area (Å²) in [6.45, 7) is 8.38. The Hall–Kier alpha value is -0.820. The molecule has 0 amide bonds. The van der Waals surface area contributed by atoms with Crippen molar-refractivity contribution in [2.45, 2.75) is 53.4 Å². The van der Waals surface area contributed by atoms with Crippen LogP contribution in [0.15, 0.2) is 24.3 Å². The Kier molecular flexibility index (Phi) is 12.5. The van der Waals surface area contributed by atoms with Crippen molar-refractivity contribution >= 4 is 0 Å². The predicted octanol–water partition coefficient (Wildman–Crippen LogP) is 3.93. The van der Waals surface area contributed by atoms with Crippen LogP contribution in [-0.2, 0) is 6.42 Å². The van der Waals surface area contributed by atoms with Gasteiger partial charge in [0.1, 0.15) is 0 Å². The van der Waals surface area contributed by atoms with Crippen molar-refractivity contribution in [2.75, 3.05) is 0 Å². The standard InChI is InChI=1S/C12H18.C2H6.H2O/c1-3-4-5-6-12-9-7-11(2)8-10-12;1-2;/h7-10H,3-6H2,1-2H3;1-2H3;1H2. The number of benzene rings is 1. The van der Waals surface area contributed by atoms with Gasteiger partial charge in [0.2, 0.25) is 0 Å². The van der Waals surface area contributed by atoms with Crippen LogP contribution in [0.3, 0.4) is 0 Å². The van der Waals surface area contributed by atoms with E-state index in [-0.39, 0.29) is 5.48 Å². The first-order valence-corrected chi connectivity index (χ1v) is 5.88. The molecule has 0 aliphatic carbocycles. The van der Waals surface area contributed by atoms with Crippen molar-refractivity contribution in [2.24, 2.45) is 0 Å². The van der Waals surface area contributed by atoms with Crippen LogP contribution in [-0.4, -0.2) is 5.48 Å². The monoisotopic (exact) mass is 210 g/mol. The van der Waals surface area contributed by atoms with Crippen molar-refractivity contribution in [3.63, 3.8) is 0 Å². The van der Waals surface area contributed by atoms with Gasteiger partial charge in [0, 0.05) is 0 Å². The molecule has 0 saturated carbocycles. The van der Waals surface area contributed by atoms with Gasteiger partial charge < -0.3 is 5.48 Å². The third-order valence-corrected chi connectivity index (χ3v) is 2.19. The molecule has 1 heteroatoms. The molecule has 1 aromatic carbocycles. The zero-order valence-electron chi connectivity index (χ0n) is 10.6. The normalized spacial score (nSPS) is 8.53. The second kappa shape index (κ2) is 11.3. The fourth-order valence-corrected chi connectivity index (χ4v) is 1.33. The topological polar surface area (TPSA) is 31.5 Å². The van der Waals surface area contributed by atoms with E-state index in [1.54, 1.807) is 0 Å². The summed E-state index contributed by atoms with van der Waals surface area (Å²) in [5.41, 5.74) is 2.84. The van der Waals surface area contributed by atoms with E-state index in [0.29, 0.717) is 0 Å². The molecule has 1 nitrogen and oxygen atoms in total. The largest absolute Gasteiger partial charge is 0.412 e. The van der Waals surface area contributed by atoms with Crippen LogP contribution in [0.1, 0.15) is 51.2 Å². The average Bonchev–Trinajstić information content (AvgIpc) is 2.24. The zero-order chi connectivity index (χ0) is 10.8. The lowest BCUT2D eigenvalue weighted by Crippen LogP contribution is -1.84. The van der Waals surface area contributed by atoms with Crippen molar-refractivity contribution in [1.29, 1.82) is 0 Å². The zero-order valence-corrected chi connectivity index (χ0v) is 10.6. The highest BCUT2D eigenvalue weighted by Gasteiger charge is 1.91. The van der Waals surface area contributed by atoms with Crippen LogP contribution in [0.4, 0.5) is 0 Å². The van der Waals surface area contributed by atoms with E-state index in [9.17, 15) is 0 Å². The summed E-state index contributed by atoms with van der Waals surface area (Å²) >= 11 is 0. The smallest absolute Gasteiger partial charge is 0.0279 e. The predicted molar refractivity (Wildman–Crippen MR) is 69.4 cm³/mol. The Morgan fingerprint density at radius 2 is 1.47 bits per heavy atom. The highest BCUT2D eigenvalue weighted by atomic mass is 16.0. The molecule has 0 atom stereocenters. The van der Waals surface area contributed by atoms with Gasteiger partial charge >= 0.3 is 0 Å². The average molecular weight is 210 g/mol. The lowest BCUT2D eigenvalue weighted by molar-refractivity contribution is 0.717. The van der Waals surface area contributed by atoms with Crippen LogP contribution in [0.25, 0.3) is 0 Å². The Morgan fingerprint density at radius 1 is 0.933 bits per heavy atom. The van der Waals surface area contributed by atoms with Gasteiger partial charge in [-0.2, -0.15) is 0 Å². The maximum Gasteiger partial charge on any atom is -0.0279 e. The van der Waals surface area contributed by atoms with Gasteiger partial charge in [-0.1, -0.05) is 63.4 Å². The number of rotatable bonds is 4. The number of hydrogen-bond acceptors (Lipinski definition) is 0. The summed E-state index contributed by atoms with van der Waals surface area (Å²) in [6.07, 6.45) is 5.24. The SMILES string of the molecule is CC.CCCCCc1ccc(C)cc1.O. The molecule has 15 heavy (non-hydrogen) atoms. The van der Waals surface area contributed by atoms with Crippen molar-refractivity contribution in [1.82, 2.24) is 0 Å². The molecule has 0 aliphatic heterocycles. The fourth-order valence-electron chi connectivity index (χ4n) is 1.33. The summed E-state index contributed by atoms with van der Waals surface area (Å²) in [4.78, 5) is 0. The molecule has 0 fully saturated rings. The number of unbranched alkanes of at least 4 members (excludes halogenated alkanes) is 2. The number of aryl methyl sites for hydroxylation is 2. The first-order valence-electron chi connectivity index (χ1n) is 5.88. The molecule has 1 aromatic rings. The summed E-state index contributed by atoms with van der Waals surface area (Å²) in [5.74, 6) is 0. The van der Waals surface area contributed by atoms with Gasteiger partial charge in [0.05, 0.1) is 0 Å². The van der Waals surface area contributed by atoms with E-state index in [1.807, 2.05) is 13.8 Å². The van der Waals surface area contributed by atoms with Crippen LogP contribution in [0.2, 0.25) is 0 Å². The van der Waals surface area contributed by atoms with E-state index >= 15 is 0 Å². The van der Waals surface area contributed by atoms with Crippen LogP contribution < -0.4 is 0 Å². The second-order valence-corrected chi connectivity index (χ2v) is 3.44. The van der Waals surface area contributed by atoms with Gasteiger partial charge in [-0.25, -0.2) is 0 Å². The van der Waals surface area contributed by atoms with Gasteiger partial charge in [0.15, 0.2) is 0 Å². The van der Waals surface area contributed by atoms with E-state index in [2.05, 4.69) is 38.1 Å². The van der Waals surface area contributed by atoms with Gasteiger partial charge in [-0.05, 0) is 25.3 Å². The van der Waals surface area contributed by atoms with Gasteiger partial charge in [-0.15, -0.1) is 0 Å². The minimum Gasteiger partial charge on any atom is -0.412 e. The van der Waals surface area contributed by atoms with Crippen LogP contribution >= 0.6 is 0 Å². The second-order valence-electron chi connectivity index (χ2n) is 3.44. The van der Waals surface area contributed by atoms with Crippen LogP contribution in [0.5, 0.6) is 0 Å². The maximum absolute atomic E-state index is 2.25. The highest BCUT2D eigenvalue weighted by Crippen LogP contribution is 2.07. The quantitative estimate of drug-likeness (QED) is 0.674. The molecule has 0 unspecified atom stereocenters. The molecule has 88 valence electrons. The lowest BCUT2D eigenvalue weighted by atomic mass is 10.1. The Labute approximate surface area is 94.8 Å². The third kappa shape index (κ3) is 8.19. The van der Waals surface area contributed by atoms with Gasteiger partial charge in [-0.3, -0.25) is 0 Å². The first kappa shape index (κ1) is 16.6. The van der Waals surface area contributed by atoms with Crippen molar-refractivity contribution in [3.05, 3.63) is 35.4 Å². The molecular formula is C14H26O. The van der Waals surface area contributed by atoms with E-state index < -0.39 is 0 Å².